The van der Waals surface area contributed by atoms with Crippen LogP contribution < -0.4 is 0 Å². The largest absolute Gasteiger partial charge is 0.508 e. The van der Waals surface area contributed by atoms with Gasteiger partial charge in [-0.2, -0.15) is 0 Å². The highest BCUT2D eigenvalue weighted by Crippen LogP contribution is 2.54. The molecule has 0 spiro atoms. The Labute approximate surface area is 316 Å². The molecular formula is C51H42O3. The molecule has 3 aliphatic carbocycles. The van der Waals surface area contributed by atoms with Crippen molar-refractivity contribution in [3.05, 3.63) is 161 Å². The number of fused-ring (bicyclic) bond motifs is 9. The standard InChI is InChI=1S/C51H42O3/c1-49(2)43-22-28(7-13-37(43)40-16-10-34(52)25-46(40)49)31-19-32(29-8-14-38-41-17-11-35(53)26-47(41)50(3,4)44(38)23-29)21-33(20-31)30-9-15-39-42-18-12-36(54)27-48(42)51(5,6)45(39)24-30/h7-27,52-54H,1-6H3. The van der Waals surface area contributed by atoms with Gasteiger partial charge in [-0.1, -0.05) is 96.1 Å². The zero-order valence-electron chi connectivity index (χ0n) is 31.5. The Balaban J connectivity index is 1.15. The molecule has 0 radical (unpaired) electrons. The summed E-state index contributed by atoms with van der Waals surface area (Å²) >= 11 is 0. The maximum absolute atomic E-state index is 10.4. The summed E-state index contributed by atoms with van der Waals surface area (Å²) < 4.78 is 0. The summed E-state index contributed by atoms with van der Waals surface area (Å²) in [5.41, 5.74) is 20.5. The Kier molecular flexibility index (Phi) is 6.49. The van der Waals surface area contributed by atoms with Gasteiger partial charge in [0.25, 0.3) is 0 Å². The SMILES string of the molecule is CC1(C)c2cc(O)ccc2-c2ccc(-c3cc(-c4ccc5c(c4)C(C)(C)c4cc(O)ccc4-5)cc(-c4ccc5c(c4)C(C)(C)c4cc(O)ccc4-5)c3)cc21. The van der Waals surface area contributed by atoms with Crippen LogP contribution in [0, 0.1) is 0 Å². The molecule has 10 rings (SSSR count). The van der Waals surface area contributed by atoms with E-state index < -0.39 is 0 Å². The molecule has 0 unspecified atom stereocenters. The fourth-order valence-corrected chi connectivity index (χ4v) is 9.84. The van der Waals surface area contributed by atoms with Gasteiger partial charge in [-0.3, -0.25) is 0 Å². The molecule has 3 N–H and O–H groups in total. The van der Waals surface area contributed by atoms with Crippen LogP contribution in [0.2, 0.25) is 0 Å². The molecule has 54 heavy (non-hydrogen) atoms. The predicted molar refractivity (Wildman–Crippen MR) is 220 cm³/mol. The van der Waals surface area contributed by atoms with Gasteiger partial charge < -0.3 is 15.3 Å². The van der Waals surface area contributed by atoms with Crippen LogP contribution in [-0.2, 0) is 16.2 Å². The Morgan fingerprint density at radius 2 is 0.481 bits per heavy atom. The van der Waals surface area contributed by atoms with Crippen molar-refractivity contribution in [1.29, 1.82) is 0 Å². The lowest BCUT2D eigenvalue weighted by Crippen LogP contribution is -2.15. The van der Waals surface area contributed by atoms with Gasteiger partial charge in [0.05, 0.1) is 0 Å². The van der Waals surface area contributed by atoms with Crippen LogP contribution >= 0.6 is 0 Å². The van der Waals surface area contributed by atoms with Gasteiger partial charge in [0, 0.05) is 16.2 Å². The van der Waals surface area contributed by atoms with E-state index in [0.717, 1.165) is 50.1 Å². The molecular weight excluding hydrogens is 661 g/mol. The first-order valence-corrected chi connectivity index (χ1v) is 18.8. The van der Waals surface area contributed by atoms with Crippen molar-refractivity contribution in [3.8, 4) is 84.0 Å². The van der Waals surface area contributed by atoms with E-state index in [0.29, 0.717) is 17.2 Å². The first-order chi connectivity index (χ1) is 25.7. The van der Waals surface area contributed by atoms with Crippen molar-refractivity contribution in [2.75, 3.05) is 0 Å². The van der Waals surface area contributed by atoms with E-state index in [4.69, 9.17) is 0 Å². The molecule has 0 aliphatic heterocycles. The summed E-state index contributed by atoms with van der Waals surface area (Å²) in [7, 11) is 0. The Morgan fingerprint density at radius 1 is 0.259 bits per heavy atom. The van der Waals surface area contributed by atoms with E-state index in [1.54, 1.807) is 18.2 Å². The molecule has 0 saturated heterocycles. The minimum atomic E-state index is -0.260. The summed E-state index contributed by atoms with van der Waals surface area (Å²) in [5, 5.41) is 31.2. The quantitative estimate of drug-likeness (QED) is 0.172. The summed E-state index contributed by atoms with van der Waals surface area (Å²) in [6, 6.07) is 44.7. The average molecular weight is 703 g/mol. The van der Waals surface area contributed by atoms with Crippen molar-refractivity contribution in [3.63, 3.8) is 0 Å². The number of rotatable bonds is 3. The molecule has 0 saturated carbocycles. The summed E-state index contributed by atoms with van der Waals surface area (Å²) in [6.07, 6.45) is 0. The Bertz CT molecular complexity index is 2460. The smallest absolute Gasteiger partial charge is 0.115 e. The van der Waals surface area contributed by atoms with E-state index in [1.165, 1.54) is 50.1 Å². The van der Waals surface area contributed by atoms with E-state index in [2.05, 4.69) is 114 Å². The third-order valence-corrected chi connectivity index (χ3v) is 12.9. The molecule has 3 heteroatoms. The van der Waals surface area contributed by atoms with Gasteiger partial charge in [-0.05, 0) is 173 Å². The number of phenolic OH excluding ortho intramolecular Hbond substituents is 3. The lowest BCUT2D eigenvalue weighted by atomic mass is 9.80. The molecule has 0 heterocycles. The molecule has 7 aromatic rings. The minimum Gasteiger partial charge on any atom is -0.508 e. The topological polar surface area (TPSA) is 60.7 Å². The van der Waals surface area contributed by atoms with Gasteiger partial charge in [0.2, 0.25) is 0 Å². The molecule has 7 aromatic carbocycles. The van der Waals surface area contributed by atoms with Gasteiger partial charge in [-0.15, -0.1) is 0 Å². The monoisotopic (exact) mass is 702 g/mol. The van der Waals surface area contributed by atoms with Crippen molar-refractivity contribution in [2.45, 2.75) is 57.8 Å². The van der Waals surface area contributed by atoms with Crippen LogP contribution in [0.4, 0.5) is 0 Å². The van der Waals surface area contributed by atoms with Crippen LogP contribution in [0.3, 0.4) is 0 Å². The van der Waals surface area contributed by atoms with Gasteiger partial charge in [-0.25, -0.2) is 0 Å². The highest BCUT2D eigenvalue weighted by Gasteiger charge is 2.38. The number of aromatic hydroxyl groups is 3. The summed E-state index contributed by atoms with van der Waals surface area (Å²) in [5.74, 6) is 0.881. The number of benzene rings is 7. The van der Waals surface area contributed by atoms with Gasteiger partial charge in [0.1, 0.15) is 17.2 Å². The molecule has 0 atom stereocenters. The first-order valence-electron chi connectivity index (χ1n) is 18.8. The van der Waals surface area contributed by atoms with E-state index >= 15 is 0 Å². The van der Waals surface area contributed by atoms with Gasteiger partial charge >= 0.3 is 0 Å². The molecule has 264 valence electrons. The zero-order valence-corrected chi connectivity index (χ0v) is 31.5. The highest BCUT2D eigenvalue weighted by molar-refractivity contribution is 5.90. The minimum absolute atomic E-state index is 0.260. The van der Waals surface area contributed by atoms with Crippen molar-refractivity contribution < 1.29 is 15.3 Å². The van der Waals surface area contributed by atoms with Crippen molar-refractivity contribution in [2.24, 2.45) is 0 Å². The van der Waals surface area contributed by atoms with E-state index in [1.807, 2.05) is 36.4 Å². The predicted octanol–water partition coefficient (Wildman–Crippen LogP) is 12.7. The molecule has 0 fully saturated rings. The van der Waals surface area contributed by atoms with Crippen LogP contribution in [0.15, 0.2) is 127 Å². The zero-order chi connectivity index (χ0) is 37.5. The second kappa shape index (κ2) is 10.8. The average Bonchev–Trinajstić information content (AvgIpc) is 3.62. The maximum Gasteiger partial charge on any atom is 0.115 e. The second-order valence-electron chi connectivity index (χ2n) is 17.1. The van der Waals surface area contributed by atoms with Crippen molar-refractivity contribution in [1.82, 2.24) is 0 Å². The van der Waals surface area contributed by atoms with E-state index in [9.17, 15) is 15.3 Å². The number of hydrogen-bond donors (Lipinski definition) is 3. The lowest BCUT2D eigenvalue weighted by molar-refractivity contribution is 0.472. The van der Waals surface area contributed by atoms with Gasteiger partial charge in [0.15, 0.2) is 0 Å². The molecule has 0 bridgehead atoms. The molecule has 3 nitrogen and oxygen atoms in total. The molecule has 3 aliphatic rings. The van der Waals surface area contributed by atoms with Crippen LogP contribution in [0.1, 0.15) is 74.9 Å². The molecule has 0 aromatic heterocycles. The third-order valence-electron chi connectivity index (χ3n) is 12.9. The fourth-order valence-electron chi connectivity index (χ4n) is 9.84. The Hall–Kier alpha value is -6.06. The number of hydrogen-bond acceptors (Lipinski definition) is 3. The normalized spacial score (nSPS) is 15.9. The van der Waals surface area contributed by atoms with Crippen LogP contribution in [0.5, 0.6) is 17.2 Å². The van der Waals surface area contributed by atoms with E-state index in [-0.39, 0.29) is 16.2 Å². The summed E-state index contributed by atoms with van der Waals surface area (Å²) in [4.78, 5) is 0. The summed E-state index contributed by atoms with van der Waals surface area (Å²) in [6.45, 7) is 13.5. The third kappa shape index (κ3) is 4.48. The van der Waals surface area contributed by atoms with Crippen LogP contribution in [-0.4, -0.2) is 15.3 Å². The molecule has 0 amide bonds. The maximum atomic E-state index is 10.4. The lowest BCUT2D eigenvalue weighted by Gasteiger charge is -2.23. The highest BCUT2D eigenvalue weighted by atomic mass is 16.3. The number of phenols is 3. The fraction of sp³-hybridized carbons (Fsp3) is 0.176. The Morgan fingerprint density at radius 3 is 0.741 bits per heavy atom. The van der Waals surface area contributed by atoms with Crippen LogP contribution in [0.25, 0.3) is 66.8 Å². The second-order valence-corrected chi connectivity index (χ2v) is 17.1. The first kappa shape index (κ1) is 32.6. The van der Waals surface area contributed by atoms with Crippen molar-refractivity contribution >= 4 is 0 Å².